The highest BCUT2D eigenvalue weighted by Gasteiger charge is 2.31. The Labute approximate surface area is 78.9 Å². The van der Waals surface area contributed by atoms with E-state index in [9.17, 15) is 13.2 Å². The molecule has 3 nitrogen and oxygen atoms in total. The zero-order valence-electron chi connectivity index (χ0n) is 7.25. The lowest BCUT2D eigenvalue weighted by atomic mass is 10.1. The van der Waals surface area contributed by atoms with Crippen molar-refractivity contribution in [2.75, 3.05) is 5.73 Å². The van der Waals surface area contributed by atoms with E-state index >= 15 is 0 Å². The van der Waals surface area contributed by atoms with E-state index in [4.69, 9.17) is 11.5 Å². The highest BCUT2D eigenvalue weighted by molar-refractivity contribution is 5.29. The van der Waals surface area contributed by atoms with Crippen molar-refractivity contribution in [1.29, 1.82) is 0 Å². The molecule has 1 aromatic rings. The van der Waals surface area contributed by atoms with Crippen molar-refractivity contribution < 1.29 is 13.2 Å². The fraction of sp³-hybridized carbons (Fsp3) is 0.375. The van der Waals surface area contributed by atoms with Gasteiger partial charge in [0.05, 0.1) is 18.2 Å². The molecule has 1 atom stereocenters. The van der Waals surface area contributed by atoms with E-state index < -0.39 is 18.6 Å². The Morgan fingerprint density at radius 1 is 1.36 bits per heavy atom. The number of pyridine rings is 1. The van der Waals surface area contributed by atoms with Gasteiger partial charge in [0, 0.05) is 0 Å². The first-order valence-electron chi connectivity index (χ1n) is 3.93. The Hall–Kier alpha value is -1.30. The van der Waals surface area contributed by atoms with E-state index in [0.29, 0.717) is 0 Å². The van der Waals surface area contributed by atoms with Crippen LogP contribution in [0.1, 0.15) is 18.2 Å². The standard InChI is InChI=1S/C8H10F3N3/c9-8(10,11)4-5(12)6-2-1-3-7(13)14-6/h1-3,5H,4,12H2,(H2,13,14)/t5-/m1/s1. The van der Waals surface area contributed by atoms with Crippen LogP contribution in [0.15, 0.2) is 18.2 Å². The second-order valence-electron chi connectivity index (χ2n) is 2.91. The van der Waals surface area contributed by atoms with E-state index in [-0.39, 0.29) is 11.5 Å². The first-order valence-corrected chi connectivity index (χ1v) is 3.93. The molecule has 0 aliphatic carbocycles. The Bertz CT molecular complexity index is 311. The third-order valence-electron chi connectivity index (χ3n) is 1.62. The molecule has 0 saturated heterocycles. The van der Waals surface area contributed by atoms with Gasteiger partial charge >= 0.3 is 6.18 Å². The number of rotatable bonds is 2. The zero-order chi connectivity index (χ0) is 10.8. The van der Waals surface area contributed by atoms with Gasteiger partial charge < -0.3 is 11.5 Å². The maximum absolute atomic E-state index is 12.0. The number of nitrogen functional groups attached to an aromatic ring is 1. The molecule has 0 aromatic carbocycles. The second-order valence-corrected chi connectivity index (χ2v) is 2.91. The third-order valence-corrected chi connectivity index (χ3v) is 1.62. The molecule has 14 heavy (non-hydrogen) atoms. The van der Waals surface area contributed by atoms with E-state index in [2.05, 4.69) is 4.98 Å². The summed E-state index contributed by atoms with van der Waals surface area (Å²) in [6, 6.07) is 3.28. The van der Waals surface area contributed by atoms with Gasteiger partial charge in [0.25, 0.3) is 0 Å². The molecule has 78 valence electrons. The fourth-order valence-corrected chi connectivity index (χ4v) is 1.03. The van der Waals surface area contributed by atoms with Crippen LogP contribution in [0.4, 0.5) is 19.0 Å². The zero-order valence-corrected chi connectivity index (χ0v) is 7.25. The van der Waals surface area contributed by atoms with Gasteiger partial charge in [-0.05, 0) is 12.1 Å². The van der Waals surface area contributed by atoms with Crippen molar-refractivity contribution in [2.45, 2.75) is 18.6 Å². The van der Waals surface area contributed by atoms with Crippen molar-refractivity contribution in [1.82, 2.24) is 4.98 Å². The smallest absolute Gasteiger partial charge is 0.384 e. The SMILES string of the molecule is Nc1cccc([C@H](N)CC(F)(F)F)n1. The minimum absolute atomic E-state index is 0.155. The summed E-state index contributed by atoms with van der Waals surface area (Å²) in [5.41, 5.74) is 10.8. The minimum Gasteiger partial charge on any atom is -0.384 e. The van der Waals surface area contributed by atoms with Crippen LogP contribution in [0.3, 0.4) is 0 Å². The summed E-state index contributed by atoms with van der Waals surface area (Å²) in [7, 11) is 0. The lowest BCUT2D eigenvalue weighted by molar-refractivity contribution is -0.138. The fourth-order valence-electron chi connectivity index (χ4n) is 1.03. The molecular formula is C8H10F3N3. The van der Waals surface area contributed by atoms with Crippen LogP contribution in [0.25, 0.3) is 0 Å². The summed E-state index contributed by atoms with van der Waals surface area (Å²) in [6.07, 6.45) is -5.38. The van der Waals surface area contributed by atoms with Crippen LogP contribution in [0.5, 0.6) is 0 Å². The van der Waals surface area contributed by atoms with E-state index in [1.807, 2.05) is 0 Å². The maximum Gasteiger partial charge on any atom is 0.390 e. The van der Waals surface area contributed by atoms with E-state index in [0.717, 1.165) is 0 Å². The van der Waals surface area contributed by atoms with Crippen LogP contribution >= 0.6 is 0 Å². The molecule has 6 heteroatoms. The first kappa shape index (κ1) is 10.8. The molecule has 0 unspecified atom stereocenters. The first-order chi connectivity index (χ1) is 6.38. The predicted molar refractivity (Wildman–Crippen MR) is 46.2 cm³/mol. The normalized spacial score (nSPS) is 14.0. The largest absolute Gasteiger partial charge is 0.390 e. The van der Waals surface area contributed by atoms with Gasteiger partial charge in [-0.3, -0.25) is 0 Å². The van der Waals surface area contributed by atoms with Crippen molar-refractivity contribution in [3.8, 4) is 0 Å². The topological polar surface area (TPSA) is 64.9 Å². The number of hydrogen-bond donors (Lipinski definition) is 2. The molecule has 0 fully saturated rings. The second kappa shape index (κ2) is 3.83. The van der Waals surface area contributed by atoms with Crippen molar-refractivity contribution in [3.63, 3.8) is 0 Å². The van der Waals surface area contributed by atoms with Gasteiger partial charge in [-0.25, -0.2) is 4.98 Å². The molecule has 0 bridgehead atoms. The van der Waals surface area contributed by atoms with Gasteiger partial charge in [-0.2, -0.15) is 13.2 Å². The average Bonchev–Trinajstić information content (AvgIpc) is 2.01. The highest BCUT2D eigenvalue weighted by atomic mass is 19.4. The molecule has 1 heterocycles. The summed E-state index contributed by atoms with van der Waals surface area (Å²) in [5.74, 6) is 0.167. The molecule has 0 spiro atoms. The molecule has 0 amide bonds. The monoisotopic (exact) mass is 205 g/mol. The summed E-state index contributed by atoms with van der Waals surface area (Å²) in [6.45, 7) is 0. The Morgan fingerprint density at radius 3 is 2.50 bits per heavy atom. The summed E-state index contributed by atoms with van der Waals surface area (Å²) < 4.78 is 35.9. The molecule has 0 radical (unpaired) electrons. The lowest BCUT2D eigenvalue weighted by Crippen LogP contribution is -2.21. The van der Waals surface area contributed by atoms with E-state index in [1.165, 1.54) is 18.2 Å². The molecule has 4 N–H and O–H groups in total. The minimum atomic E-state index is -4.29. The quantitative estimate of drug-likeness (QED) is 0.770. The predicted octanol–water partition coefficient (Wildman–Crippen LogP) is 1.62. The number of nitrogens with zero attached hydrogens (tertiary/aromatic N) is 1. The number of nitrogens with two attached hydrogens (primary N) is 2. The van der Waals surface area contributed by atoms with Crippen molar-refractivity contribution in [2.24, 2.45) is 5.73 Å². The van der Waals surface area contributed by atoms with Gasteiger partial charge in [0.2, 0.25) is 0 Å². The lowest BCUT2D eigenvalue weighted by Gasteiger charge is -2.13. The molecule has 0 aliphatic rings. The van der Waals surface area contributed by atoms with Crippen LogP contribution in [-0.2, 0) is 0 Å². The van der Waals surface area contributed by atoms with Crippen molar-refractivity contribution in [3.05, 3.63) is 23.9 Å². The van der Waals surface area contributed by atoms with Gasteiger partial charge in [0.1, 0.15) is 5.82 Å². The summed E-state index contributed by atoms with van der Waals surface area (Å²) >= 11 is 0. The van der Waals surface area contributed by atoms with Crippen molar-refractivity contribution >= 4 is 5.82 Å². The molecule has 0 saturated carbocycles. The van der Waals surface area contributed by atoms with Crippen LogP contribution < -0.4 is 11.5 Å². The number of halogens is 3. The number of anilines is 1. The van der Waals surface area contributed by atoms with Crippen LogP contribution in [0.2, 0.25) is 0 Å². The molecule has 1 rings (SSSR count). The number of aromatic nitrogens is 1. The van der Waals surface area contributed by atoms with Crippen LogP contribution in [-0.4, -0.2) is 11.2 Å². The van der Waals surface area contributed by atoms with E-state index in [1.54, 1.807) is 0 Å². The van der Waals surface area contributed by atoms with Gasteiger partial charge in [-0.15, -0.1) is 0 Å². The number of alkyl halides is 3. The summed E-state index contributed by atoms with van der Waals surface area (Å²) in [4.78, 5) is 3.71. The Kier molecular flexibility index (Phi) is 2.95. The van der Waals surface area contributed by atoms with Gasteiger partial charge in [-0.1, -0.05) is 6.07 Å². The molecule has 1 aromatic heterocycles. The third kappa shape index (κ3) is 3.21. The molecule has 0 aliphatic heterocycles. The highest BCUT2D eigenvalue weighted by Crippen LogP contribution is 2.27. The van der Waals surface area contributed by atoms with Crippen LogP contribution in [0, 0.1) is 0 Å². The summed E-state index contributed by atoms with van der Waals surface area (Å²) in [5, 5.41) is 0. The number of hydrogen-bond acceptors (Lipinski definition) is 3. The average molecular weight is 205 g/mol. The Balaban J connectivity index is 2.74. The Morgan fingerprint density at radius 2 is 2.00 bits per heavy atom. The maximum atomic E-state index is 12.0. The van der Waals surface area contributed by atoms with Gasteiger partial charge in [0.15, 0.2) is 0 Å². The molecular weight excluding hydrogens is 195 g/mol.